The third kappa shape index (κ3) is 6.38. The van der Waals surface area contributed by atoms with Crippen LogP contribution in [0.15, 0.2) is 18.2 Å². The minimum atomic E-state index is 0.0728. The molecule has 0 fully saturated rings. The zero-order valence-electron chi connectivity index (χ0n) is 13.4. The molecule has 1 rings (SSSR count). The van der Waals surface area contributed by atoms with Crippen LogP contribution in [0.3, 0.4) is 0 Å². The summed E-state index contributed by atoms with van der Waals surface area (Å²) in [5.41, 5.74) is 0.905. The Bertz CT molecular complexity index is 447. The van der Waals surface area contributed by atoms with Gasteiger partial charge in [-0.05, 0) is 24.5 Å². The van der Waals surface area contributed by atoms with E-state index in [9.17, 15) is 4.79 Å². The Kier molecular flexibility index (Phi) is 7.43. The highest BCUT2D eigenvalue weighted by Gasteiger charge is 2.05. The number of carbonyl (C=O) groups is 1. The van der Waals surface area contributed by atoms with Crippen LogP contribution >= 0.6 is 0 Å². The fraction of sp³-hybridized carbons (Fsp3) is 0.562. The minimum absolute atomic E-state index is 0.0728. The number of hydrogen-bond donors (Lipinski definition) is 2. The molecule has 21 heavy (non-hydrogen) atoms. The van der Waals surface area contributed by atoms with Crippen molar-refractivity contribution in [1.29, 1.82) is 0 Å². The Balaban J connectivity index is 2.33. The first-order valence-electron chi connectivity index (χ1n) is 7.29. The van der Waals surface area contributed by atoms with Crippen molar-refractivity contribution < 1.29 is 14.3 Å². The van der Waals surface area contributed by atoms with E-state index in [4.69, 9.17) is 9.47 Å². The standard InChI is InChI=1S/C16H26N2O3/c1-12(2)7-9-18-16(19)8-10-17-13-5-6-14(20-3)15(11-13)21-4/h5-6,11-12,17H,7-10H2,1-4H3,(H,18,19). The average molecular weight is 294 g/mol. The first-order valence-corrected chi connectivity index (χ1v) is 7.29. The van der Waals surface area contributed by atoms with Gasteiger partial charge in [-0.3, -0.25) is 4.79 Å². The molecule has 2 N–H and O–H groups in total. The van der Waals surface area contributed by atoms with Crippen LogP contribution in [-0.2, 0) is 4.79 Å². The lowest BCUT2D eigenvalue weighted by atomic mass is 10.1. The molecule has 0 heterocycles. The van der Waals surface area contributed by atoms with Gasteiger partial charge in [0.05, 0.1) is 14.2 Å². The summed E-state index contributed by atoms with van der Waals surface area (Å²) in [4.78, 5) is 11.6. The van der Waals surface area contributed by atoms with Crippen molar-refractivity contribution in [3.8, 4) is 11.5 Å². The molecule has 1 aromatic carbocycles. The molecule has 0 unspecified atom stereocenters. The molecule has 0 aliphatic carbocycles. The van der Waals surface area contributed by atoms with Crippen LogP contribution in [-0.4, -0.2) is 33.2 Å². The van der Waals surface area contributed by atoms with E-state index in [-0.39, 0.29) is 5.91 Å². The lowest BCUT2D eigenvalue weighted by Gasteiger charge is -2.11. The summed E-state index contributed by atoms with van der Waals surface area (Å²) >= 11 is 0. The molecular weight excluding hydrogens is 268 g/mol. The molecule has 0 bridgehead atoms. The van der Waals surface area contributed by atoms with Crippen LogP contribution in [0.4, 0.5) is 5.69 Å². The van der Waals surface area contributed by atoms with E-state index in [1.807, 2.05) is 18.2 Å². The van der Waals surface area contributed by atoms with Crippen LogP contribution in [0.25, 0.3) is 0 Å². The minimum Gasteiger partial charge on any atom is -0.493 e. The first kappa shape index (κ1) is 17.1. The summed E-state index contributed by atoms with van der Waals surface area (Å²) in [7, 11) is 3.20. The van der Waals surface area contributed by atoms with Gasteiger partial charge in [-0.25, -0.2) is 0 Å². The maximum atomic E-state index is 11.6. The maximum Gasteiger partial charge on any atom is 0.221 e. The lowest BCUT2D eigenvalue weighted by molar-refractivity contribution is -0.120. The number of benzene rings is 1. The molecule has 0 saturated carbocycles. The molecule has 5 heteroatoms. The molecule has 0 atom stereocenters. The number of ether oxygens (including phenoxy) is 2. The molecule has 0 aromatic heterocycles. The van der Waals surface area contributed by atoms with Gasteiger partial charge < -0.3 is 20.1 Å². The second-order valence-electron chi connectivity index (χ2n) is 5.28. The monoisotopic (exact) mass is 294 g/mol. The van der Waals surface area contributed by atoms with Crippen LogP contribution in [0.1, 0.15) is 26.7 Å². The predicted octanol–water partition coefficient (Wildman–Crippen LogP) is 2.67. The number of amides is 1. The Hall–Kier alpha value is -1.91. The number of hydrogen-bond acceptors (Lipinski definition) is 4. The van der Waals surface area contributed by atoms with Gasteiger partial charge in [0.25, 0.3) is 0 Å². The Morgan fingerprint density at radius 3 is 2.48 bits per heavy atom. The summed E-state index contributed by atoms with van der Waals surface area (Å²) in [6.45, 7) is 5.62. The first-order chi connectivity index (χ1) is 10.1. The van der Waals surface area contributed by atoms with Gasteiger partial charge in [0, 0.05) is 31.3 Å². The summed E-state index contributed by atoms with van der Waals surface area (Å²) < 4.78 is 10.4. The van der Waals surface area contributed by atoms with E-state index in [0.717, 1.165) is 18.7 Å². The van der Waals surface area contributed by atoms with Crippen molar-refractivity contribution in [2.45, 2.75) is 26.7 Å². The number of anilines is 1. The van der Waals surface area contributed by atoms with Crippen molar-refractivity contribution in [2.75, 3.05) is 32.6 Å². The van der Waals surface area contributed by atoms with E-state index in [2.05, 4.69) is 24.5 Å². The summed E-state index contributed by atoms with van der Waals surface area (Å²) in [6, 6.07) is 5.59. The molecule has 118 valence electrons. The zero-order chi connectivity index (χ0) is 15.7. The summed E-state index contributed by atoms with van der Waals surface area (Å²) in [6.07, 6.45) is 1.46. The van der Waals surface area contributed by atoms with Gasteiger partial charge in [-0.1, -0.05) is 13.8 Å². The maximum absolute atomic E-state index is 11.6. The summed E-state index contributed by atoms with van der Waals surface area (Å²) in [5, 5.41) is 6.12. The topological polar surface area (TPSA) is 59.6 Å². The molecule has 0 aliphatic heterocycles. The van der Waals surface area contributed by atoms with E-state index < -0.39 is 0 Å². The van der Waals surface area contributed by atoms with Crippen molar-refractivity contribution in [2.24, 2.45) is 5.92 Å². The number of rotatable bonds is 9. The van der Waals surface area contributed by atoms with Gasteiger partial charge in [0.15, 0.2) is 11.5 Å². The highest BCUT2D eigenvalue weighted by atomic mass is 16.5. The van der Waals surface area contributed by atoms with Gasteiger partial charge in [-0.15, -0.1) is 0 Å². The molecule has 5 nitrogen and oxygen atoms in total. The van der Waals surface area contributed by atoms with Gasteiger partial charge in [0.2, 0.25) is 5.91 Å². The normalized spacial score (nSPS) is 10.3. The van der Waals surface area contributed by atoms with Crippen LogP contribution in [0, 0.1) is 5.92 Å². The van der Waals surface area contributed by atoms with Crippen LogP contribution < -0.4 is 20.1 Å². The van der Waals surface area contributed by atoms with E-state index in [1.54, 1.807) is 14.2 Å². The summed E-state index contributed by atoms with van der Waals surface area (Å²) in [5.74, 6) is 2.04. The van der Waals surface area contributed by atoms with Crippen LogP contribution in [0.5, 0.6) is 11.5 Å². The van der Waals surface area contributed by atoms with Crippen molar-refractivity contribution in [1.82, 2.24) is 5.32 Å². The Morgan fingerprint density at radius 1 is 1.14 bits per heavy atom. The molecule has 0 aliphatic rings. The Morgan fingerprint density at radius 2 is 1.86 bits per heavy atom. The second kappa shape index (κ2) is 9.10. The molecule has 0 radical (unpaired) electrons. The third-order valence-electron chi connectivity index (χ3n) is 3.11. The van der Waals surface area contributed by atoms with Crippen molar-refractivity contribution in [3.05, 3.63) is 18.2 Å². The van der Waals surface area contributed by atoms with Gasteiger partial charge in [-0.2, -0.15) is 0 Å². The number of carbonyl (C=O) groups excluding carboxylic acids is 1. The SMILES string of the molecule is COc1ccc(NCCC(=O)NCCC(C)C)cc1OC. The quantitative estimate of drug-likeness (QED) is 0.735. The van der Waals surface area contributed by atoms with Crippen molar-refractivity contribution in [3.63, 3.8) is 0 Å². The van der Waals surface area contributed by atoms with Crippen LogP contribution in [0.2, 0.25) is 0 Å². The van der Waals surface area contributed by atoms with Gasteiger partial charge in [0.1, 0.15) is 0 Å². The van der Waals surface area contributed by atoms with E-state index >= 15 is 0 Å². The second-order valence-corrected chi connectivity index (χ2v) is 5.28. The van der Waals surface area contributed by atoms with Crippen molar-refractivity contribution >= 4 is 11.6 Å². The molecule has 0 saturated heterocycles. The molecule has 1 amide bonds. The third-order valence-corrected chi connectivity index (χ3v) is 3.11. The molecule has 1 aromatic rings. The molecule has 0 spiro atoms. The predicted molar refractivity (Wildman–Crippen MR) is 85.1 cm³/mol. The Labute approximate surface area is 127 Å². The number of nitrogens with one attached hydrogen (secondary N) is 2. The van der Waals surface area contributed by atoms with E-state index in [1.165, 1.54) is 0 Å². The zero-order valence-corrected chi connectivity index (χ0v) is 13.4. The lowest BCUT2D eigenvalue weighted by Crippen LogP contribution is -2.27. The average Bonchev–Trinajstić information content (AvgIpc) is 2.46. The highest BCUT2D eigenvalue weighted by molar-refractivity contribution is 5.76. The molecular formula is C16H26N2O3. The highest BCUT2D eigenvalue weighted by Crippen LogP contribution is 2.29. The number of methoxy groups -OCH3 is 2. The largest absolute Gasteiger partial charge is 0.493 e. The fourth-order valence-electron chi connectivity index (χ4n) is 1.86. The fourth-order valence-corrected chi connectivity index (χ4v) is 1.86. The van der Waals surface area contributed by atoms with E-state index in [0.29, 0.717) is 30.4 Å². The smallest absolute Gasteiger partial charge is 0.221 e. The van der Waals surface area contributed by atoms with Gasteiger partial charge >= 0.3 is 0 Å².